The molecule has 27 heavy (non-hydrogen) atoms. The summed E-state index contributed by atoms with van der Waals surface area (Å²) in [7, 11) is 1.58. The summed E-state index contributed by atoms with van der Waals surface area (Å²) in [5.41, 5.74) is 0.915. The van der Waals surface area contributed by atoms with Gasteiger partial charge in [0.2, 0.25) is 5.88 Å². The molecule has 6 nitrogen and oxygen atoms in total. The molecule has 0 atom stereocenters. The maximum Gasteiger partial charge on any atom is 0.258 e. The summed E-state index contributed by atoms with van der Waals surface area (Å²) < 4.78 is 16.3. The molecule has 2 aromatic carbocycles. The Morgan fingerprint density at radius 2 is 1.78 bits per heavy atom. The fourth-order valence-corrected chi connectivity index (χ4v) is 2.34. The van der Waals surface area contributed by atoms with Crippen molar-refractivity contribution in [2.75, 3.05) is 13.7 Å². The van der Waals surface area contributed by atoms with Crippen LogP contribution in [0.3, 0.4) is 0 Å². The van der Waals surface area contributed by atoms with Gasteiger partial charge in [0.15, 0.2) is 6.61 Å². The molecule has 3 rings (SSSR count). The minimum atomic E-state index is -0.214. The Balaban J connectivity index is 1.49. The third kappa shape index (κ3) is 5.74. The summed E-state index contributed by atoms with van der Waals surface area (Å²) in [6, 6.07) is 20.1. The molecule has 0 aliphatic carbocycles. The summed E-state index contributed by atoms with van der Waals surface area (Å²) in [5, 5.41) is 2.82. The van der Waals surface area contributed by atoms with Crippen LogP contribution in [-0.2, 0) is 11.3 Å². The minimum absolute atomic E-state index is 0.0721. The summed E-state index contributed by atoms with van der Waals surface area (Å²) in [5.74, 6) is 2.22. The van der Waals surface area contributed by atoms with E-state index in [9.17, 15) is 4.79 Å². The van der Waals surface area contributed by atoms with Crippen LogP contribution < -0.4 is 19.5 Å². The van der Waals surface area contributed by atoms with Gasteiger partial charge in [0, 0.05) is 24.9 Å². The first-order valence-electron chi connectivity index (χ1n) is 8.44. The van der Waals surface area contributed by atoms with E-state index in [0.717, 1.165) is 5.56 Å². The second-order valence-corrected chi connectivity index (χ2v) is 5.66. The first kappa shape index (κ1) is 18.3. The third-order valence-electron chi connectivity index (χ3n) is 3.66. The molecule has 0 saturated heterocycles. The molecule has 1 amide bonds. The van der Waals surface area contributed by atoms with E-state index in [0.29, 0.717) is 29.7 Å². The van der Waals surface area contributed by atoms with Crippen molar-refractivity contribution in [3.63, 3.8) is 0 Å². The normalized spacial score (nSPS) is 10.1. The highest BCUT2D eigenvalue weighted by molar-refractivity contribution is 5.77. The number of pyridine rings is 1. The summed E-state index contributed by atoms with van der Waals surface area (Å²) in [6.45, 7) is 0.303. The predicted octanol–water partition coefficient (Wildman–Crippen LogP) is 3.58. The Morgan fingerprint density at radius 3 is 2.59 bits per heavy atom. The number of carbonyl (C=O) groups is 1. The van der Waals surface area contributed by atoms with E-state index in [1.54, 1.807) is 37.6 Å². The van der Waals surface area contributed by atoms with Crippen LogP contribution in [0.5, 0.6) is 23.1 Å². The molecule has 0 radical (unpaired) electrons. The third-order valence-corrected chi connectivity index (χ3v) is 3.66. The molecule has 6 heteroatoms. The second kappa shape index (κ2) is 9.24. The summed E-state index contributed by atoms with van der Waals surface area (Å²) in [4.78, 5) is 16.1. The molecule has 138 valence electrons. The van der Waals surface area contributed by atoms with E-state index >= 15 is 0 Å². The Labute approximate surface area is 157 Å². The van der Waals surface area contributed by atoms with Gasteiger partial charge in [-0.2, -0.15) is 0 Å². The van der Waals surface area contributed by atoms with Gasteiger partial charge in [-0.05, 0) is 35.9 Å². The van der Waals surface area contributed by atoms with E-state index in [2.05, 4.69) is 10.3 Å². The van der Waals surface area contributed by atoms with E-state index in [1.165, 1.54) is 0 Å². The lowest BCUT2D eigenvalue weighted by Gasteiger charge is -2.10. The number of rotatable bonds is 8. The molecule has 0 fully saturated rings. The lowest BCUT2D eigenvalue weighted by atomic mass is 10.2. The van der Waals surface area contributed by atoms with Gasteiger partial charge < -0.3 is 19.5 Å². The van der Waals surface area contributed by atoms with Crippen molar-refractivity contribution in [1.82, 2.24) is 10.3 Å². The standard InChI is InChI=1S/C21H20N2O4/c1-25-17-7-5-8-18(13-17)26-15-20(24)23-14-16-6-4-9-19(12-16)27-21-10-2-3-11-22-21/h2-13H,14-15H2,1H3,(H,23,24). The Kier molecular flexibility index (Phi) is 6.25. The fraction of sp³-hybridized carbons (Fsp3) is 0.143. The molecular formula is C21H20N2O4. The zero-order valence-corrected chi connectivity index (χ0v) is 14.9. The minimum Gasteiger partial charge on any atom is -0.497 e. The highest BCUT2D eigenvalue weighted by atomic mass is 16.5. The monoisotopic (exact) mass is 364 g/mol. The molecule has 1 heterocycles. The summed E-state index contributed by atoms with van der Waals surface area (Å²) in [6.07, 6.45) is 1.67. The van der Waals surface area contributed by atoms with Gasteiger partial charge in [0.1, 0.15) is 17.2 Å². The van der Waals surface area contributed by atoms with Gasteiger partial charge in [-0.25, -0.2) is 4.98 Å². The van der Waals surface area contributed by atoms with Crippen LogP contribution in [0, 0.1) is 0 Å². The Morgan fingerprint density at radius 1 is 0.963 bits per heavy atom. The number of benzene rings is 2. The zero-order chi connectivity index (χ0) is 18.9. The number of nitrogens with zero attached hydrogens (tertiary/aromatic N) is 1. The molecule has 0 spiro atoms. The van der Waals surface area contributed by atoms with Crippen molar-refractivity contribution >= 4 is 5.91 Å². The van der Waals surface area contributed by atoms with Gasteiger partial charge in [0.05, 0.1) is 7.11 Å². The van der Waals surface area contributed by atoms with Crippen molar-refractivity contribution in [2.24, 2.45) is 0 Å². The number of hydrogen-bond donors (Lipinski definition) is 1. The van der Waals surface area contributed by atoms with Crippen molar-refractivity contribution in [2.45, 2.75) is 6.54 Å². The van der Waals surface area contributed by atoms with Crippen LogP contribution in [0.25, 0.3) is 0 Å². The highest BCUT2D eigenvalue weighted by Crippen LogP contribution is 2.20. The zero-order valence-electron chi connectivity index (χ0n) is 14.9. The van der Waals surface area contributed by atoms with Gasteiger partial charge >= 0.3 is 0 Å². The van der Waals surface area contributed by atoms with Gasteiger partial charge in [0.25, 0.3) is 5.91 Å². The Hall–Kier alpha value is -3.54. The lowest BCUT2D eigenvalue weighted by Crippen LogP contribution is -2.28. The molecule has 1 aromatic heterocycles. The number of hydrogen-bond acceptors (Lipinski definition) is 5. The van der Waals surface area contributed by atoms with Crippen molar-refractivity contribution < 1.29 is 19.0 Å². The molecule has 0 saturated carbocycles. The van der Waals surface area contributed by atoms with Gasteiger partial charge in [-0.15, -0.1) is 0 Å². The number of nitrogens with one attached hydrogen (secondary N) is 1. The molecule has 0 aliphatic heterocycles. The van der Waals surface area contributed by atoms with Crippen LogP contribution in [0.4, 0.5) is 0 Å². The maximum atomic E-state index is 12.0. The van der Waals surface area contributed by atoms with Crippen molar-refractivity contribution in [3.05, 3.63) is 78.5 Å². The van der Waals surface area contributed by atoms with Crippen LogP contribution in [0.1, 0.15) is 5.56 Å². The number of amides is 1. The maximum absolute atomic E-state index is 12.0. The van der Waals surface area contributed by atoms with Gasteiger partial charge in [-0.3, -0.25) is 4.79 Å². The van der Waals surface area contributed by atoms with Crippen LogP contribution in [0.2, 0.25) is 0 Å². The van der Waals surface area contributed by atoms with Gasteiger partial charge in [-0.1, -0.05) is 24.3 Å². The first-order chi connectivity index (χ1) is 13.2. The van der Waals surface area contributed by atoms with Crippen LogP contribution >= 0.6 is 0 Å². The highest BCUT2D eigenvalue weighted by Gasteiger charge is 2.05. The molecule has 1 N–H and O–H groups in total. The van der Waals surface area contributed by atoms with Crippen molar-refractivity contribution in [1.29, 1.82) is 0 Å². The Bertz CT molecular complexity index is 884. The van der Waals surface area contributed by atoms with E-state index in [-0.39, 0.29) is 12.5 Å². The average Bonchev–Trinajstić information content (AvgIpc) is 2.72. The molecule has 0 unspecified atom stereocenters. The lowest BCUT2D eigenvalue weighted by molar-refractivity contribution is -0.123. The largest absolute Gasteiger partial charge is 0.497 e. The number of aromatic nitrogens is 1. The fourth-order valence-electron chi connectivity index (χ4n) is 2.34. The quantitative estimate of drug-likeness (QED) is 0.662. The number of ether oxygens (including phenoxy) is 3. The topological polar surface area (TPSA) is 69.7 Å². The van der Waals surface area contributed by atoms with Crippen molar-refractivity contribution in [3.8, 4) is 23.1 Å². The molecule has 0 bridgehead atoms. The molecule has 3 aromatic rings. The van der Waals surface area contributed by atoms with E-state index in [1.807, 2.05) is 42.5 Å². The first-order valence-corrected chi connectivity index (χ1v) is 8.44. The smallest absolute Gasteiger partial charge is 0.258 e. The predicted molar refractivity (Wildman–Crippen MR) is 101 cm³/mol. The number of carbonyl (C=O) groups excluding carboxylic acids is 1. The molecule has 0 aliphatic rings. The van der Waals surface area contributed by atoms with Crippen LogP contribution in [-0.4, -0.2) is 24.6 Å². The average molecular weight is 364 g/mol. The molecular weight excluding hydrogens is 344 g/mol. The van der Waals surface area contributed by atoms with E-state index < -0.39 is 0 Å². The van der Waals surface area contributed by atoms with Crippen LogP contribution in [0.15, 0.2) is 72.9 Å². The SMILES string of the molecule is COc1cccc(OCC(=O)NCc2cccc(Oc3ccccn3)c2)c1. The second-order valence-electron chi connectivity index (χ2n) is 5.66. The number of methoxy groups -OCH3 is 1. The summed E-state index contributed by atoms with van der Waals surface area (Å²) >= 11 is 0. The van der Waals surface area contributed by atoms with E-state index in [4.69, 9.17) is 14.2 Å².